The minimum absolute atomic E-state index is 0.539. The van der Waals surface area contributed by atoms with E-state index in [2.05, 4.69) is 6.07 Å². The van der Waals surface area contributed by atoms with E-state index in [4.69, 9.17) is 26.3 Å². The number of nitriles is 1. The van der Waals surface area contributed by atoms with E-state index in [-0.39, 0.29) is 0 Å². The van der Waals surface area contributed by atoms with Crippen molar-refractivity contribution in [2.24, 2.45) is 9.98 Å². The van der Waals surface area contributed by atoms with Crippen molar-refractivity contribution >= 4 is 51.0 Å². The highest BCUT2D eigenvalue weighted by Gasteiger charge is 2.26. The summed E-state index contributed by atoms with van der Waals surface area (Å²) < 4.78 is 7.26. The summed E-state index contributed by atoms with van der Waals surface area (Å²) in [5.41, 5.74) is 5.46. The third-order valence-corrected chi connectivity index (χ3v) is 6.43. The van der Waals surface area contributed by atoms with Crippen LogP contribution in [-0.4, -0.2) is 28.0 Å². The Morgan fingerprint density at radius 3 is 2.59 bits per heavy atom. The van der Waals surface area contributed by atoms with Gasteiger partial charge in [-0.1, -0.05) is 41.6 Å². The zero-order valence-corrected chi connectivity index (χ0v) is 18.7. The van der Waals surface area contributed by atoms with Crippen LogP contribution in [0.2, 0.25) is 5.02 Å². The quantitative estimate of drug-likeness (QED) is 0.357. The molecule has 0 atom stereocenters. The van der Waals surface area contributed by atoms with E-state index in [1.807, 2.05) is 77.3 Å². The molecule has 5 rings (SSSR count). The summed E-state index contributed by atoms with van der Waals surface area (Å²) in [6.07, 6.45) is 1.95. The number of pyridine rings is 1. The Morgan fingerprint density at radius 2 is 1.88 bits per heavy atom. The van der Waals surface area contributed by atoms with Crippen molar-refractivity contribution < 1.29 is 4.74 Å². The van der Waals surface area contributed by atoms with Gasteiger partial charge in [0.25, 0.3) is 0 Å². The maximum Gasteiger partial charge on any atom is 0.123 e. The van der Waals surface area contributed by atoms with Crippen LogP contribution in [-0.2, 0) is 0 Å². The molecule has 0 N–H and O–H groups in total. The first-order valence-electron chi connectivity index (χ1n) is 9.90. The number of hydrogen-bond donors (Lipinski definition) is 0. The van der Waals surface area contributed by atoms with Gasteiger partial charge in [0.15, 0.2) is 0 Å². The van der Waals surface area contributed by atoms with E-state index in [9.17, 15) is 5.26 Å². The number of aromatic nitrogens is 1. The van der Waals surface area contributed by atoms with Gasteiger partial charge in [0.2, 0.25) is 0 Å². The van der Waals surface area contributed by atoms with E-state index >= 15 is 0 Å². The SMILES string of the molecule is COc1ccc(N=C2SCC(c3ccc(Cl)cc3)=Nc3c(C#N)c4ccccn4c32)cc1. The molecular formula is C25H17ClN4OS. The van der Waals surface area contributed by atoms with Crippen molar-refractivity contribution in [1.82, 2.24) is 4.40 Å². The molecular weight excluding hydrogens is 440 g/mol. The molecule has 1 aliphatic rings. The molecule has 1 aliphatic heterocycles. The van der Waals surface area contributed by atoms with Crippen LogP contribution in [0, 0.1) is 11.3 Å². The molecule has 0 fully saturated rings. The van der Waals surface area contributed by atoms with Crippen LogP contribution in [0.4, 0.5) is 11.4 Å². The van der Waals surface area contributed by atoms with Gasteiger partial charge < -0.3 is 9.14 Å². The van der Waals surface area contributed by atoms with Crippen LogP contribution in [0.1, 0.15) is 16.8 Å². The van der Waals surface area contributed by atoms with Gasteiger partial charge in [-0.15, -0.1) is 0 Å². The lowest BCUT2D eigenvalue weighted by atomic mass is 10.1. The van der Waals surface area contributed by atoms with Crippen LogP contribution in [0.3, 0.4) is 0 Å². The first-order valence-corrected chi connectivity index (χ1v) is 11.3. The second kappa shape index (κ2) is 8.54. The van der Waals surface area contributed by atoms with Crippen molar-refractivity contribution in [2.45, 2.75) is 0 Å². The van der Waals surface area contributed by atoms with Gasteiger partial charge in [0.05, 0.1) is 24.0 Å². The summed E-state index contributed by atoms with van der Waals surface area (Å²) in [7, 11) is 1.64. The number of aliphatic imine (C=N–C) groups is 2. The number of thioether (sulfide) groups is 1. The number of benzene rings is 2. The van der Waals surface area contributed by atoms with E-state index in [1.54, 1.807) is 18.9 Å². The number of hydrogen-bond acceptors (Lipinski definition) is 5. The predicted molar refractivity (Wildman–Crippen MR) is 131 cm³/mol. The van der Waals surface area contributed by atoms with Crippen LogP contribution in [0.5, 0.6) is 5.75 Å². The first kappa shape index (κ1) is 20.4. The summed E-state index contributed by atoms with van der Waals surface area (Å²) in [6, 6.07) is 23.4. The molecule has 156 valence electrons. The summed E-state index contributed by atoms with van der Waals surface area (Å²) >= 11 is 7.68. The van der Waals surface area contributed by atoms with Gasteiger partial charge in [-0.2, -0.15) is 5.26 Å². The number of halogens is 1. The lowest BCUT2D eigenvalue weighted by Crippen LogP contribution is -2.05. The summed E-state index contributed by atoms with van der Waals surface area (Å²) in [6.45, 7) is 0. The van der Waals surface area contributed by atoms with Crippen LogP contribution in [0.15, 0.2) is 82.9 Å². The first-order chi connectivity index (χ1) is 15.7. The highest BCUT2D eigenvalue weighted by molar-refractivity contribution is 8.15. The Labute approximate surface area is 194 Å². The molecule has 0 saturated carbocycles. The summed E-state index contributed by atoms with van der Waals surface area (Å²) in [4.78, 5) is 9.91. The van der Waals surface area contributed by atoms with Gasteiger partial charge in [0.1, 0.15) is 33.8 Å². The van der Waals surface area contributed by atoms with Crippen LogP contribution in [0.25, 0.3) is 5.52 Å². The van der Waals surface area contributed by atoms with E-state index in [0.29, 0.717) is 22.0 Å². The van der Waals surface area contributed by atoms with Crippen molar-refractivity contribution in [1.29, 1.82) is 5.26 Å². The molecule has 32 heavy (non-hydrogen) atoms. The van der Waals surface area contributed by atoms with Crippen molar-refractivity contribution in [3.05, 3.63) is 94.8 Å². The third-order valence-electron chi connectivity index (χ3n) is 5.21. The third kappa shape index (κ3) is 3.66. The monoisotopic (exact) mass is 456 g/mol. The normalized spacial score (nSPS) is 14.5. The second-order valence-corrected chi connectivity index (χ2v) is 8.51. The molecule has 0 spiro atoms. The second-order valence-electron chi connectivity index (χ2n) is 7.11. The zero-order chi connectivity index (χ0) is 22.1. The molecule has 0 aliphatic carbocycles. The lowest BCUT2D eigenvalue weighted by Gasteiger charge is -2.07. The predicted octanol–water partition coefficient (Wildman–Crippen LogP) is 6.42. The standard InChI is InChI=1S/C25H17ClN4OS/c1-31-19-11-9-18(10-12-19)28-25-24-23(20(14-27)22-4-2-3-13-30(22)24)29-21(15-32-25)16-5-7-17(26)8-6-16/h2-13H,15H2,1H3. The Bertz CT molecular complexity index is 1410. The maximum atomic E-state index is 9.99. The maximum absolute atomic E-state index is 9.99. The molecule has 4 aromatic rings. The fourth-order valence-electron chi connectivity index (χ4n) is 3.64. The average molecular weight is 457 g/mol. The van der Waals surface area contributed by atoms with E-state index in [0.717, 1.165) is 39.0 Å². The van der Waals surface area contributed by atoms with Gasteiger partial charge in [-0.05, 0) is 54.1 Å². The Morgan fingerprint density at radius 1 is 1.09 bits per heavy atom. The van der Waals surface area contributed by atoms with Gasteiger partial charge in [0, 0.05) is 17.0 Å². The number of nitrogens with zero attached hydrogens (tertiary/aromatic N) is 4. The fraction of sp³-hybridized carbons (Fsp3) is 0.0800. The van der Waals surface area contributed by atoms with Gasteiger partial charge >= 0.3 is 0 Å². The molecule has 0 bridgehead atoms. The molecule has 0 amide bonds. The summed E-state index contributed by atoms with van der Waals surface area (Å²) in [5, 5.41) is 11.5. The molecule has 7 heteroatoms. The minimum atomic E-state index is 0.539. The van der Waals surface area contributed by atoms with Gasteiger partial charge in [-0.3, -0.25) is 0 Å². The topological polar surface area (TPSA) is 62.2 Å². The Kier molecular flexibility index (Phi) is 5.44. The van der Waals surface area contributed by atoms with Gasteiger partial charge in [-0.25, -0.2) is 9.98 Å². The van der Waals surface area contributed by atoms with Crippen LogP contribution >= 0.6 is 23.4 Å². The fourth-order valence-corrected chi connectivity index (χ4v) is 4.77. The molecule has 0 unspecified atom stereocenters. The highest BCUT2D eigenvalue weighted by Crippen LogP contribution is 2.38. The largest absolute Gasteiger partial charge is 0.497 e. The molecule has 5 nitrogen and oxygen atoms in total. The smallest absolute Gasteiger partial charge is 0.123 e. The molecule has 2 aromatic carbocycles. The number of ether oxygens (including phenoxy) is 1. The number of fused-ring (bicyclic) bond motifs is 3. The minimum Gasteiger partial charge on any atom is -0.497 e. The molecule has 3 heterocycles. The van der Waals surface area contributed by atoms with Crippen molar-refractivity contribution in [3.63, 3.8) is 0 Å². The Balaban J connectivity index is 1.72. The summed E-state index contributed by atoms with van der Waals surface area (Å²) in [5.74, 6) is 1.39. The zero-order valence-electron chi connectivity index (χ0n) is 17.1. The molecule has 0 saturated heterocycles. The van der Waals surface area contributed by atoms with Crippen molar-refractivity contribution in [2.75, 3.05) is 12.9 Å². The Hall–Kier alpha value is -3.53. The lowest BCUT2D eigenvalue weighted by molar-refractivity contribution is 0.415. The molecule has 0 radical (unpaired) electrons. The van der Waals surface area contributed by atoms with E-state index < -0.39 is 0 Å². The number of rotatable bonds is 3. The number of methoxy groups -OCH3 is 1. The van der Waals surface area contributed by atoms with Crippen LogP contribution < -0.4 is 4.74 Å². The van der Waals surface area contributed by atoms with E-state index in [1.165, 1.54) is 0 Å². The highest BCUT2D eigenvalue weighted by atomic mass is 35.5. The van der Waals surface area contributed by atoms with Crippen molar-refractivity contribution in [3.8, 4) is 11.8 Å². The molecule has 2 aromatic heterocycles. The average Bonchev–Trinajstić information content (AvgIpc) is 3.02.